The van der Waals surface area contributed by atoms with Gasteiger partial charge in [-0.15, -0.1) is 0 Å². The van der Waals surface area contributed by atoms with E-state index in [1.54, 1.807) is 0 Å². The molecule has 10 aromatic carbocycles. The summed E-state index contributed by atoms with van der Waals surface area (Å²) < 4.78 is 4.89. The maximum absolute atomic E-state index is 5.64. The third-order valence-electron chi connectivity index (χ3n) is 13.4. The quantitative estimate of drug-likeness (QED) is 0.153. The van der Waals surface area contributed by atoms with Crippen molar-refractivity contribution >= 4 is 43.6 Å². The molecule has 0 aliphatic heterocycles. The smallest absolute Gasteiger partial charge is 0.160 e. The molecule has 0 spiro atoms. The summed E-state index contributed by atoms with van der Waals surface area (Å²) in [5.41, 5.74) is 17.9. The molecule has 0 bridgehead atoms. The summed E-state index contributed by atoms with van der Waals surface area (Å²) in [6, 6.07) is 91.1. The molecule has 0 saturated heterocycles. The standard InChI is InChI=1S/C64H42N4/c1-4-21-43(22-5-1)46-27-18-28-47(41-46)64-65-56(54-35-19-33-48(44-23-6-2-7-24-44)62(54)67-58-37-14-10-29-50(58)51-30-11-15-38-59(51)67)42-57(66-64)55-36-20-34-49(45-25-8-3-9-26-45)63(55)68-60-39-16-12-31-52(60)53-32-13-17-40-61(53)68/h1-42H. The minimum absolute atomic E-state index is 0.645. The van der Waals surface area contributed by atoms with Crippen molar-refractivity contribution in [2.24, 2.45) is 0 Å². The van der Waals surface area contributed by atoms with Crippen molar-refractivity contribution in [3.05, 3.63) is 255 Å². The normalized spacial score (nSPS) is 11.5. The minimum atomic E-state index is 0.645. The number of benzene rings is 10. The molecule has 0 fully saturated rings. The maximum Gasteiger partial charge on any atom is 0.160 e. The van der Waals surface area contributed by atoms with Crippen LogP contribution in [0.2, 0.25) is 0 Å². The molecule has 0 aliphatic rings. The zero-order valence-corrected chi connectivity index (χ0v) is 37.0. The zero-order chi connectivity index (χ0) is 45.0. The first-order chi connectivity index (χ1) is 33.8. The van der Waals surface area contributed by atoms with Crippen LogP contribution < -0.4 is 0 Å². The number of fused-ring (bicyclic) bond motifs is 6. The number of aromatic nitrogens is 4. The summed E-state index contributed by atoms with van der Waals surface area (Å²) in [6.07, 6.45) is 0. The highest BCUT2D eigenvalue weighted by atomic mass is 15.0. The van der Waals surface area contributed by atoms with Gasteiger partial charge in [0.15, 0.2) is 5.82 Å². The van der Waals surface area contributed by atoms with E-state index in [0.717, 1.165) is 94.9 Å². The SMILES string of the molecule is c1ccc(-c2cccc(-c3nc(-c4cccc(-c5ccccc5)c4-n4c5ccccc5c5ccccc54)cc(-c4cccc(-c5ccccc5)c4-n4c5ccccc5c5ccccc54)n3)c2)cc1. The van der Waals surface area contributed by atoms with Crippen LogP contribution in [0.25, 0.3) is 122 Å². The molecule has 0 unspecified atom stereocenters. The van der Waals surface area contributed by atoms with E-state index in [1.165, 1.54) is 21.5 Å². The van der Waals surface area contributed by atoms with Crippen LogP contribution in [0.15, 0.2) is 255 Å². The van der Waals surface area contributed by atoms with Gasteiger partial charge in [-0.05, 0) is 58.7 Å². The first-order valence-corrected chi connectivity index (χ1v) is 23.2. The molecule has 0 N–H and O–H groups in total. The van der Waals surface area contributed by atoms with E-state index >= 15 is 0 Å². The lowest BCUT2D eigenvalue weighted by Crippen LogP contribution is -2.05. The van der Waals surface area contributed by atoms with Gasteiger partial charge in [0.2, 0.25) is 0 Å². The van der Waals surface area contributed by atoms with Crippen molar-refractivity contribution in [2.45, 2.75) is 0 Å². The highest BCUT2D eigenvalue weighted by Gasteiger charge is 2.25. The topological polar surface area (TPSA) is 35.6 Å². The summed E-state index contributed by atoms with van der Waals surface area (Å²) in [5.74, 6) is 0.645. The predicted octanol–water partition coefficient (Wildman–Crippen LogP) is 16.7. The van der Waals surface area contributed by atoms with E-state index in [4.69, 9.17) is 9.97 Å². The second-order valence-corrected chi connectivity index (χ2v) is 17.3. The van der Waals surface area contributed by atoms with Crippen LogP contribution in [0.4, 0.5) is 0 Å². The van der Waals surface area contributed by atoms with Gasteiger partial charge in [-0.2, -0.15) is 0 Å². The lowest BCUT2D eigenvalue weighted by Gasteiger charge is -2.21. The fourth-order valence-electron chi connectivity index (χ4n) is 10.3. The molecule has 0 aliphatic carbocycles. The Labute approximate surface area is 394 Å². The predicted molar refractivity (Wildman–Crippen MR) is 283 cm³/mol. The van der Waals surface area contributed by atoms with Crippen LogP contribution >= 0.6 is 0 Å². The van der Waals surface area contributed by atoms with E-state index in [1.807, 2.05) is 0 Å². The van der Waals surface area contributed by atoms with E-state index in [0.29, 0.717) is 5.82 Å². The summed E-state index contributed by atoms with van der Waals surface area (Å²) in [5, 5.41) is 4.80. The van der Waals surface area contributed by atoms with Gasteiger partial charge < -0.3 is 9.13 Å². The van der Waals surface area contributed by atoms with Crippen LogP contribution in [-0.4, -0.2) is 19.1 Å². The van der Waals surface area contributed by atoms with Gasteiger partial charge in [-0.1, -0.05) is 218 Å². The van der Waals surface area contributed by atoms with Crippen LogP contribution in [0.1, 0.15) is 0 Å². The van der Waals surface area contributed by atoms with Crippen molar-refractivity contribution in [3.63, 3.8) is 0 Å². The molecule has 13 aromatic rings. The molecule has 3 heterocycles. The average molecular weight is 867 g/mol. The van der Waals surface area contributed by atoms with E-state index in [-0.39, 0.29) is 0 Å². The van der Waals surface area contributed by atoms with Gasteiger partial charge in [0, 0.05) is 49.4 Å². The van der Waals surface area contributed by atoms with Gasteiger partial charge in [0.25, 0.3) is 0 Å². The molecule has 318 valence electrons. The zero-order valence-electron chi connectivity index (χ0n) is 37.0. The molecule has 68 heavy (non-hydrogen) atoms. The summed E-state index contributed by atoms with van der Waals surface area (Å²) in [6.45, 7) is 0. The first kappa shape index (κ1) is 39.3. The van der Waals surface area contributed by atoms with Crippen LogP contribution in [0.5, 0.6) is 0 Å². The summed E-state index contributed by atoms with van der Waals surface area (Å²) in [7, 11) is 0. The fourth-order valence-corrected chi connectivity index (χ4v) is 10.3. The molecule has 0 saturated carbocycles. The number of para-hydroxylation sites is 6. The highest BCUT2D eigenvalue weighted by Crippen LogP contribution is 2.45. The van der Waals surface area contributed by atoms with Crippen LogP contribution in [-0.2, 0) is 0 Å². The Morgan fingerprint density at radius 3 is 0.985 bits per heavy atom. The minimum Gasteiger partial charge on any atom is -0.308 e. The third-order valence-corrected chi connectivity index (χ3v) is 13.4. The van der Waals surface area contributed by atoms with Gasteiger partial charge >= 0.3 is 0 Å². The summed E-state index contributed by atoms with van der Waals surface area (Å²) >= 11 is 0. The van der Waals surface area contributed by atoms with Gasteiger partial charge in [0.05, 0.1) is 44.8 Å². The molecule has 0 radical (unpaired) electrons. The maximum atomic E-state index is 5.64. The Hall–Kier alpha value is -9.12. The lowest BCUT2D eigenvalue weighted by atomic mass is 9.95. The second kappa shape index (κ2) is 16.4. The van der Waals surface area contributed by atoms with E-state index in [2.05, 4.69) is 264 Å². The fraction of sp³-hybridized carbons (Fsp3) is 0. The van der Waals surface area contributed by atoms with Crippen molar-refractivity contribution in [1.29, 1.82) is 0 Å². The molecule has 0 atom stereocenters. The van der Waals surface area contributed by atoms with Crippen LogP contribution in [0.3, 0.4) is 0 Å². The van der Waals surface area contributed by atoms with Crippen molar-refractivity contribution < 1.29 is 0 Å². The van der Waals surface area contributed by atoms with Gasteiger partial charge in [-0.3, -0.25) is 0 Å². The van der Waals surface area contributed by atoms with Gasteiger partial charge in [-0.25, -0.2) is 9.97 Å². The van der Waals surface area contributed by atoms with Crippen molar-refractivity contribution in [1.82, 2.24) is 19.1 Å². The highest BCUT2D eigenvalue weighted by molar-refractivity contribution is 6.12. The molecule has 4 heteroatoms. The molecule has 4 nitrogen and oxygen atoms in total. The molecular weight excluding hydrogens is 825 g/mol. The second-order valence-electron chi connectivity index (χ2n) is 17.3. The molecule has 3 aromatic heterocycles. The Balaban J connectivity index is 1.15. The molecule has 0 amide bonds. The van der Waals surface area contributed by atoms with E-state index < -0.39 is 0 Å². The van der Waals surface area contributed by atoms with Gasteiger partial charge in [0.1, 0.15) is 0 Å². The number of rotatable bonds is 8. The molecule has 13 rings (SSSR count). The van der Waals surface area contributed by atoms with Crippen LogP contribution in [0, 0.1) is 0 Å². The number of nitrogens with zero attached hydrogens (tertiary/aromatic N) is 4. The van der Waals surface area contributed by atoms with E-state index in [9.17, 15) is 0 Å². The Morgan fingerprint density at radius 2 is 0.559 bits per heavy atom. The average Bonchev–Trinajstić information content (AvgIpc) is 3.94. The Kier molecular flexibility index (Phi) is 9.47. The van der Waals surface area contributed by atoms with Crippen molar-refractivity contribution in [3.8, 4) is 78.7 Å². The Morgan fingerprint density at radius 1 is 0.235 bits per heavy atom. The lowest BCUT2D eigenvalue weighted by molar-refractivity contribution is 1.14. The largest absolute Gasteiger partial charge is 0.308 e. The number of hydrogen-bond donors (Lipinski definition) is 0. The monoisotopic (exact) mass is 866 g/mol. The first-order valence-electron chi connectivity index (χ1n) is 23.2. The third kappa shape index (κ3) is 6.53. The molecular formula is C64H42N4. The Bertz CT molecular complexity index is 3690. The van der Waals surface area contributed by atoms with Crippen molar-refractivity contribution in [2.75, 3.05) is 0 Å². The summed E-state index contributed by atoms with van der Waals surface area (Å²) in [4.78, 5) is 11.3. The number of hydrogen-bond acceptors (Lipinski definition) is 2.